The summed E-state index contributed by atoms with van der Waals surface area (Å²) in [6.07, 6.45) is 2.90. The Balaban J connectivity index is 3.14. The Morgan fingerprint density at radius 1 is 1.48 bits per heavy atom. The van der Waals surface area contributed by atoms with E-state index in [2.05, 4.69) is 6.58 Å². The highest BCUT2D eigenvalue weighted by atomic mass is 32.2. The highest BCUT2D eigenvalue weighted by molar-refractivity contribution is 7.91. The van der Waals surface area contributed by atoms with Gasteiger partial charge in [0.05, 0.1) is 18.1 Å². The van der Waals surface area contributed by atoms with Crippen molar-refractivity contribution < 1.29 is 27.9 Å². The van der Waals surface area contributed by atoms with E-state index in [-0.39, 0.29) is 31.0 Å². The molecule has 1 aliphatic heterocycles. The van der Waals surface area contributed by atoms with Crippen LogP contribution in [0, 0.1) is 11.3 Å². The van der Waals surface area contributed by atoms with Gasteiger partial charge in [-0.15, -0.1) is 6.58 Å². The number of sulfone groups is 1. The molecule has 120 valence electrons. The van der Waals surface area contributed by atoms with Crippen molar-refractivity contribution in [3.8, 4) is 0 Å². The summed E-state index contributed by atoms with van der Waals surface area (Å²) >= 11 is 0. The molecular formula is C14H22O6S. The molecule has 2 atom stereocenters. The first kappa shape index (κ1) is 17.7. The number of hydrogen-bond acceptors (Lipinski definition) is 5. The van der Waals surface area contributed by atoms with Crippen molar-refractivity contribution in [1.82, 2.24) is 0 Å². The Bertz CT molecular complexity index is 510. The summed E-state index contributed by atoms with van der Waals surface area (Å²) in [5, 5.41) is 9.63. The number of carbonyl (C=O) groups excluding carboxylic acids is 1. The number of carboxylic acids is 1. The summed E-state index contributed by atoms with van der Waals surface area (Å²) in [4.78, 5) is 24.1. The standard InChI is InChI=1S/C14H22O6S/c1-3-5-6-8-14(12(15)16,13(17)20-4-2)11-7-9-21(18,19)10-11/h3,11H,1,4-10H2,2H3,(H,15,16). The van der Waals surface area contributed by atoms with Gasteiger partial charge in [-0.05, 0) is 32.6 Å². The third-order valence-electron chi connectivity index (χ3n) is 3.93. The van der Waals surface area contributed by atoms with Crippen molar-refractivity contribution in [2.45, 2.75) is 32.6 Å². The molecule has 1 saturated heterocycles. The van der Waals surface area contributed by atoms with Crippen molar-refractivity contribution in [3.05, 3.63) is 12.7 Å². The lowest BCUT2D eigenvalue weighted by molar-refractivity contribution is -0.173. The lowest BCUT2D eigenvalue weighted by Crippen LogP contribution is -2.47. The summed E-state index contributed by atoms with van der Waals surface area (Å²) in [7, 11) is -3.28. The molecule has 0 saturated carbocycles. The van der Waals surface area contributed by atoms with E-state index in [4.69, 9.17) is 4.74 Å². The maximum atomic E-state index is 12.3. The van der Waals surface area contributed by atoms with Crippen molar-refractivity contribution in [2.75, 3.05) is 18.1 Å². The van der Waals surface area contributed by atoms with Crippen LogP contribution in [0.25, 0.3) is 0 Å². The maximum absolute atomic E-state index is 12.3. The molecular weight excluding hydrogens is 296 g/mol. The van der Waals surface area contributed by atoms with Gasteiger partial charge in [-0.25, -0.2) is 8.42 Å². The van der Waals surface area contributed by atoms with Crippen LogP contribution >= 0.6 is 0 Å². The third kappa shape index (κ3) is 3.84. The monoisotopic (exact) mass is 318 g/mol. The fourth-order valence-electron chi connectivity index (χ4n) is 2.81. The minimum Gasteiger partial charge on any atom is -0.480 e. The van der Waals surface area contributed by atoms with Crippen LogP contribution in [0.2, 0.25) is 0 Å². The lowest BCUT2D eigenvalue weighted by Gasteiger charge is -2.32. The first-order valence-corrected chi connectivity index (χ1v) is 8.84. The van der Waals surface area contributed by atoms with Gasteiger partial charge in [0.2, 0.25) is 0 Å². The molecule has 6 nitrogen and oxygen atoms in total. The van der Waals surface area contributed by atoms with E-state index >= 15 is 0 Å². The Labute approximate surface area is 125 Å². The number of carbonyl (C=O) groups is 2. The second-order valence-electron chi connectivity index (χ2n) is 5.28. The second-order valence-corrected chi connectivity index (χ2v) is 7.51. The number of carboxylic acid groups (broad SMARTS) is 1. The quantitative estimate of drug-likeness (QED) is 0.314. The number of hydrogen-bond donors (Lipinski definition) is 1. The van der Waals surface area contributed by atoms with E-state index in [1.807, 2.05) is 0 Å². The molecule has 0 aromatic carbocycles. The van der Waals surface area contributed by atoms with Crippen molar-refractivity contribution >= 4 is 21.8 Å². The Morgan fingerprint density at radius 3 is 2.57 bits per heavy atom. The SMILES string of the molecule is C=CCCCC(C(=O)O)(C(=O)OCC)C1CCS(=O)(=O)C1. The summed E-state index contributed by atoms with van der Waals surface area (Å²) in [5.74, 6) is -3.21. The van der Waals surface area contributed by atoms with Crippen LogP contribution in [0.4, 0.5) is 0 Å². The van der Waals surface area contributed by atoms with Crippen LogP contribution in [0.1, 0.15) is 32.6 Å². The topological polar surface area (TPSA) is 97.7 Å². The van der Waals surface area contributed by atoms with E-state index in [1.54, 1.807) is 13.0 Å². The van der Waals surface area contributed by atoms with Gasteiger partial charge >= 0.3 is 11.9 Å². The fourth-order valence-corrected chi connectivity index (χ4v) is 4.69. The summed E-state index contributed by atoms with van der Waals surface area (Å²) in [6, 6.07) is 0. The Morgan fingerprint density at radius 2 is 2.14 bits per heavy atom. The maximum Gasteiger partial charge on any atom is 0.323 e. The summed E-state index contributed by atoms with van der Waals surface area (Å²) in [5.41, 5.74) is -1.78. The van der Waals surface area contributed by atoms with Gasteiger partial charge in [0.25, 0.3) is 0 Å². The molecule has 0 amide bonds. The number of aliphatic carboxylic acids is 1. The van der Waals surface area contributed by atoms with E-state index in [0.29, 0.717) is 12.8 Å². The summed E-state index contributed by atoms with van der Waals surface area (Å²) < 4.78 is 28.3. The van der Waals surface area contributed by atoms with Gasteiger partial charge in [0.15, 0.2) is 15.3 Å². The van der Waals surface area contributed by atoms with Gasteiger partial charge < -0.3 is 9.84 Å². The number of esters is 1. The number of unbranched alkanes of at least 4 members (excludes halogenated alkanes) is 1. The zero-order valence-electron chi connectivity index (χ0n) is 12.2. The zero-order valence-corrected chi connectivity index (χ0v) is 13.0. The van der Waals surface area contributed by atoms with Gasteiger partial charge in [0.1, 0.15) is 0 Å². The number of allylic oxidation sites excluding steroid dienone is 1. The minimum atomic E-state index is -3.28. The first-order valence-electron chi connectivity index (χ1n) is 7.02. The molecule has 0 radical (unpaired) electrons. The summed E-state index contributed by atoms with van der Waals surface area (Å²) in [6.45, 7) is 5.23. The molecule has 0 spiro atoms. The second kappa shape index (κ2) is 7.06. The van der Waals surface area contributed by atoms with Crippen molar-refractivity contribution in [3.63, 3.8) is 0 Å². The molecule has 1 N–H and O–H groups in total. The largest absolute Gasteiger partial charge is 0.480 e. The molecule has 0 aromatic rings. The molecule has 1 rings (SSSR count). The van der Waals surface area contributed by atoms with Crippen LogP contribution in [-0.4, -0.2) is 43.6 Å². The predicted molar refractivity (Wildman–Crippen MR) is 77.5 cm³/mol. The first-order chi connectivity index (χ1) is 9.80. The minimum absolute atomic E-state index is 0.0629. The van der Waals surface area contributed by atoms with Gasteiger partial charge in [-0.3, -0.25) is 9.59 Å². The molecule has 1 aliphatic rings. The van der Waals surface area contributed by atoms with Gasteiger partial charge in [-0.2, -0.15) is 0 Å². The van der Waals surface area contributed by atoms with Crippen LogP contribution in [0.5, 0.6) is 0 Å². The molecule has 1 fully saturated rings. The molecule has 2 unspecified atom stereocenters. The van der Waals surface area contributed by atoms with Crippen LogP contribution < -0.4 is 0 Å². The van der Waals surface area contributed by atoms with Crippen LogP contribution in [0.15, 0.2) is 12.7 Å². The van der Waals surface area contributed by atoms with Crippen LogP contribution in [0.3, 0.4) is 0 Å². The van der Waals surface area contributed by atoms with Crippen molar-refractivity contribution in [2.24, 2.45) is 11.3 Å². The smallest absolute Gasteiger partial charge is 0.323 e. The lowest BCUT2D eigenvalue weighted by atomic mass is 9.71. The van der Waals surface area contributed by atoms with E-state index < -0.39 is 33.1 Å². The third-order valence-corrected chi connectivity index (χ3v) is 5.70. The number of rotatable bonds is 8. The Hall–Kier alpha value is -1.37. The normalized spacial score (nSPS) is 23.2. The van der Waals surface area contributed by atoms with Crippen LogP contribution in [-0.2, 0) is 24.2 Å². The molecule has 0 aliphatic carbocycles. The average Bonchev–Trinajstić information content (AvgIpc) is 2.75. The number of ether oxygens (including phenoxy) is 1. The average molecular weight is 318 g/mol. The molecule has 0 bridgehead atoms. The van der Waals surface area contributed by atoms with Gasteiger partial charge in [-0.1, -0.05) is 6.08 Å². The molecule has 21 heavy (non-hydrogen) atoms. The van der Waals surface area contributed by atoms with E-state index in [9.17, 15) is 23.1 Å². The zero-order chi connectivity index (χ0) is 16.1. The molecule has 1 heterocycles. The fraction of sp³-hybridized carbons (Fsp3) is 0.714. The highest BCUT2D eigenvalue weighted by Crippen LogP contribution is 2.41. The highest BCUT2D eigenvalue weighted by Gasteiger charge is 2.56. The Kier molecular flexibility index (Phi) is 5.95. The van der Waals surface area contributed by atoms with E-state index in [1.165, 1.54) is 0 Å². The van der Waals surface area contributed by atoms with E-state index in [0.717, 1.165) is 0 Å². The molecule has 0 aromatic heterocycles. The van der Waals surface area contributed by atoms with Gasteiger partial charge in [0, 0.05) is 5.92 Å². The predicted octanol–water partition coefficient (Wildman–Crippen LogP) is 1.41. The molecule has 7 heteroatoms. The van der Waals surface area contributed by atoms with Crippen molar-refractivity contribution in [1.29, 1.82) is 0 Å².